The van der Waals surface area contributed by atoms with Gasteiger partial charge < -0.3 is 12.9 Å². The molecule has 0 atom stereocenters. The molecule has 0 aliphatic carbocycles. The van der Waals surface area contributed by atoms with E-state index in [1.807, 2.05) is 0 Å². The van der Waals surface area contributed by atoms with Crippen molar-refractivity contribution in [2.45, 2.75) is 4.90 Å². The number of fused-ring (bicyclic) bond motifs is 1. The van der Waals surface area contributed by atoms with Crippen LogP contribution < -0.4 is 0 Å². The number of para-hydroxylation sites is 1. The standard InChI is InChI=1S/C8H7BF3N2O2S/c10-9(11,12)5-14-6-13-7-3-1-2-4-8(7)17(14,15)16/h1-4,6H,5H2/q-1. The summed E-state index contributed by atoms with van der Waals surface area (Å²) < 4.78 is 60.6. The molecule has 0 amide bonds. The van der Waals surface area contributed by atoms with E-state index in [1.54, 1.807) is 6.07 Å². The molecule has 17 heavy (non-hydrogen) atoms. The predicted octanol–water partition coefficient (Wildman–Crippen LogP) is 1.74. The molecule has 0 spiro atoms. The molecule has 4 nitrogen and oxygen atoms in total. The van der Waals surface area contributed by atoms with Crippen LogP contribution in [0, 0.1) is 0 Å². The number of sulfonamides is 1. The fourth-order valence-corrected chi connectivity index (χ4v) is 2.87. The number of aliphatic imine (C=N–C) groups is 1. The Kier molecular flexibility index (Phi) is 2.65. The van der Waals surface area contributed by atoms with Gasteiger partial charge in [-0.15, -0.1) is 0 Å². The van der Waals surface area contributed by atoms with E-state index in [2.05, 4.69) is 4.99 Å². The average Bonchev–Trinajstić information content (AvgIpc) is 2.21. The zero-order valence-electron chi connectivity index (χ0n) is 8.42. The van der Waals surface area contributed by atoms with Crippen molar-refractivity contribution in [1.29, 1.82) is 0 Å². The van der Waals surface area contributed by atoms with E-state index in [9.17, 15) is 21.4 Å². The Morgan fingerprint density at radius 1 is 1.24 bits per heavy atom. The molecule has 0 saturated heterocycles. The summed E-state index contributed by atoms with van der Waals surface area (Å²) in [5.41, 5.74) is 0.151. The minimum absolute atomic E-state index is 0.151. The van der Waals surface area contributed by atoms with Crippen LogP contribution in [0.2, 0.25) is 0 Å². The number of hydrogen-bond acceptors (Lipinski definition) is 3. The Labute approximate surface area is 95.9 Å². The van der Waals surface area contributed by atoms with Crippen molar-refractivity contribution in [2.75, 3.05) is 6.44 Å². The van der Waals surface area contributed by atoms with Crippen LogP contribution in [0.5, 0.6) is 0 Å². The fourth-order valence-electron chi connectivity index (χ4n) is 1.45. The molecule has 0 bridgehead atoms. The molecule has 2 rings (SSSR count). The maximum atomic E-state index is 12.3. The quantitative estimate of drug-likeness (QED) is 0.763. The number of nitrogens with zero attached hydrogens (tertiary/aromatic N) is 2. The van der Waals surface area contributed by atoms with Gasteiger partial charge in [-0.3, -0.25) is 4.31 Å². The molecule has 92 valence electrons. The summed E-state index contributed by atoms with van der Waals surface area (Å²) in [5.74, 6) is 0. The molecule has 0 aromatic heterocycles. The van der Waals surface area contributed by atoms with Crippen molar-refractivity contribution in [1.82, 2.24) is 4.31 Å². The van der Waals surface area contributed by atoms with Gasteiger partial charge in [-0.2, -0.15) is 0 Å². The third-order valence-corrected chi connectivity index (χ3v) is 3.93. The maximum Gasteiger partial charge on any atom is 0.498 e. The van der Waals surface area contributed by atoms with Crippen LogP contribution in [0.25, 0.3) is 0 Å². The van der Waals surface area contributed by atoms with Crippen LogP contribution in [-0.4, -0.2) is 32.5 Å². The highest BCUT2D eigenvalue weighted by Gasteiger charge is 2.35. The second kappa shape index (κ2) is 3.76. The van der Waals surface area contributed by atoms with Gasteiger partial charge in [0.15, 0.2) is 0 Å². The first-order valence-electron chi connectivity index (χ1n) is 4.67. The average molecular weight is 263 g/mol. The lowest BCUT2D eigenvalue weighted by atomic mass is 9.93. The number of rotatable bonds is 2. The largest absolute Gasteiger partial charge is 0.498 e. The number of halogens is 3. The van der Waals surface area contributed by atoms with E-state index >= 15 is 0 Å². The van der Waals surface area contributed by atoms with Crippen molar-refractivity contribution in [2.24, 2.45) is 4.99 Å². The Bertz CT molecular complexity index is 570. The van der Waals surface area contributed by atoms with Crippen molar-refractivity contribution in [3.8, 4) is 0 Å². The van der Waals surface area contributed by atoms with Crippen LogP contribution in [0.3, 0.4) is 0 Å². The van der Waals surface area contributed by atoms with E-state index in [1.165, 1.54) is 18.2 Å². The van der Waals surface area contributed by atoms with Crippen LogP contribution in [0.15, 0.2) is 34.2 Å². The van der Waals surface area contributed by atoms with Crippen LogP contribution in [0.4, 0.5) is 18.6 Å². The van der Waals surface area contributed by atoms with Crippen molar-refractivity contribution < 1.29 is 21.4 Å². The molecule has 9 heteroatoms. The van der Waals surface area contributed by atoms with E-state index in [0.717, 1.165) is 0 Å². The van der Waals surface area contributed by atoms with E-state index in [-0.39, 0.29) is 14.9 Å². The summed E-state index contributed by atoms with van der Waals surface area (Å²) in [6.45, 7) is -5.23. The van der Waals surface area contributed by atoms with Crippen molar-refractivity contribution in [3.05, 3.63) is 24.3 Å². The molecule has 1 aliphatic heterocycles. The van der Waals surface area contributed by atoms with Gasteiger partial charge >= 0.3 is 6.98 Å². The van der Waals surface area contributed by atoms with Gasteiger partial charge in [-0.05, 0) is 12.1 Å². The lowest BCUT2D eigenvalue weighted by Crippen LogP contribution is -2.42. The molecule has 0 unspecified atom stereocenters. The van der Waals surface area contributed by atoms with E-state index in [4.69, 9.17) is 0 Å². The van der Waals surface area contributed by atoms with Gasteiger partial charge in [-0.25, -0.2) is 13.4 Å². The molecule has 0 fully saturated rings. The first-order valence-corrected chi connectivity index (χ1v) is 6.11. The zero-order chi connectivity index (χ0) is 12.7. The lowest BCUT2D eigenvalue weighted by Gasteiger charge is -2.28. The molecule has 1 aromatic carbocycles. The third-order valence-electron chi connectivity index (χ3n) is 2.16. The number of hydrogen-bond donors (Lipinski definition) is 0. The Morgan fingerprint density at radius 3 is 2.53 bits per heavy atom. The van der Waals surface area contributed by atoms with Gasteiger partial charge in [0.2, 0.25) is 0 Å². The number of benzene rings is 1. The predicted molar refractivity (Wildman–Crippen MR) is 57.6 cm³/mol. The summed E-state index contributed by atoms with van der Waals surface area (Å²) >= 11 is 0. The lowest BCUT2D eigenvalue weighted by molar-refractivity contribution is 0.437. The van der Waals surface area contributed by atoms with Crippen LogP contribution >= 0.6 is 0 Å². The molecular weight excluding hydrogens is 256 g/mol. The van der Waals surface area contributed by atoms with Crippen LogP contribution in [0.1, 0.15) is 0 Å². The molecule has 0 radical (unpaired) electrons. The summed E-state index contributed by atoms with van der Waals surface area (Å²) in [4.78, 5) is 3.48. The second-order valence-electron chi connectivity index (χ2n) is 3.50. The molecular formula is C8H7BF3N2O2S-. The third kappa shape index (κ3) is 2.28. The van der Waals surface area contributed by atoms with Gasteiger partial charge in [0.25, 0.3) is 10.0 Å². The SMILES string of the molecule is O=S1(=O)c2ccccc2N=CN1C[B-](F)(F)F. The topological polar surface area (TPSA) is 49.7 Å². The smallest absolute Gasteiger partial charge is 0.448 e. The second-order valence-corrected chi connectivity index (χ2v) is 5.36. The summed E-state index contributed by atoms with van der Waals surface area (Å²) in [5, 5.41) is 0. The highest BCUT2D eigenvalue weighted by molar-refractivity contribution is 7.89. The van der Waals surface area contributed by atoms with E-state index in [0.29, 0.717) is 6.34 Å². The zero-order valence-corrected chi connectivity index (χ0v) is 9.24. The van der Waals surface area contributed by atoms with Crippen molar-refractivity contribution >= 4 is 29.0 Å². The molecule has 0 N–H and O–H groups in total. The summed E-state index contributed by atoms with van der Waals surface area (Å²) in [6, 6.07) is 5.67. The monoisotopic (exact) mass is 263 g/mol. The Balaban J connectivity index is 2.45. The van der Waals surface area contributed by atoms with Gasteiger partial charge in [-0.1, -0.05) is 12.1 Å². The first kappa shape index (κ1) is 12.0. The van der Waals surface area contributed by atoms with Gasteiger partial charge in [0.05, 0.1) is 5.69 Å². The molecule has 1 aromatic rings. The Hall–Kier alpha value is -1.51. The maximum absolute atomic E-state index is 12.3. The minimum Gasteiger partial charge on any atom is -0.448 e. The fraction of sp³-hybridized carbons (Fsp3) is 0.125. The normalized spacial score (nSPS) is 17.9. The van der Waals surface area contributed by atoms with E-state index < -0.39 is 23.4 Å². The van der Waals surface area contributed by atoms with Crippen LogP contribution in [-0.2, 0) is 10.0 Å². The van der Waals surface area contributed by atoms with Gasteiger partial charge in [0, 0.05) is 6.44 Å². The minimum atomic E-state index is -5.23. The van der Waals surface area contributed by atoms with Crippen molar-refractivity contribution in [3.63, 3.8) is 0 Å². The first-order chi connectivity index (χ1) is 7.81. The highest BCUT2D eigenvalue weighted by atomic mass is 32.2. The molecule has 1 heterocycles. The molecule has 0 saturated carbocycles. The summed E-state index contributed by atoms with van der Waals surface area (Å²) in [7, 11) is -4.14. The van der Waals surface area contributed by atoms with Gasteiger partial charge in [0.1, 0.15) is 11.2 Å². The Morgan fingerprint density at radius 2 is 1.88 bits per heavy atom. The molecule has 1 aliphatic rings. The summed E-state index contributed by atoms with van der Waals surface area (Å²) in [6.07, 6.45) is -0.812. The highest BCUT2D eigenvalue weighted by Crippen LogP contribution is 2.30.